The van der Waals surface area contributed by atoms with Gasteiger partial charge in [0, 0.05) is 78.9 Å². The van der Waals surface area contributed by atoms with Gasteiger partial charge in [0.05, 0.1) is 0 Å². The molecule has 0 radical (unpaired) electrons. The van der Waals surface area contributed by atoms with Crippen molar-refractivity contribution < 1.29 is 48.7 Å². The van der Waals surface area contributed by atoms with E-state index in [0.29, 0.717) is 77.8 Å². The van der Waals surface area contributed by atoms with Gasteiger partial charge in [0.15, 0.2) is 40.3 Å². The molecule has 15 aliphatic carbocycles. The third-order valence-corrected chi connectivity index (χ3v) is 34.4. The normalized spacial score (nSPS) is 35.8. The Hall–Kier alpha value is -7.91. The first kappa shape index (κ1) is 79.9. The van der Waals surface area contributed by atoms with E-state index in [1.54, 1.807) is 11.1 Å². The van der Waals surface area contributed by atoms with Crippen molar-refractivity contribution in [3.05, 3.63) is 176 Å². The van der Waals surface area contributed by atoms with E-state index in [9.17, 15) is 29.7 Å². The van der Waals surface area contributed by atoms with Gasteiger partial charge in [-0.3, -0.25) is 14.4 Å². The zero-order valence-electron chi connectivity index (χ0n) is 71.7. The third-order valence-electron chi connectivity index (χ3n) is 34.4. The van der Waals surface area contributed by atoms with E-state index in [2.05, 4.69) is 155 Å². The molecule has 2 spiro atoms. The van der Waals surface area contributed by atoms with E-state index in [-0.39, 0.29) is 39.6 Å². The lowest BCUT2D eigenvalue weighted by atomic mass is 9.51. The number of fused-ring (bicyclic) bond motifs is 14. The molecule has 118 heavy (non-hydrogen) atoms. The lowest BCUT2D eigenvalue weighted by molar-refractivity contribution is -0.123. The summed E-state index contributed by atoms with van der Waals surface area (Å²) in [5, 5.41) is 35.7. The van der Waals surface area contributed by atoms with Gasteiger partial charge in [0.1, 0.15) is 16.8 Å². The van der Waals surface area contributed by atoms with E-state index in [1.165, 1.54) is 106 Å². The van der Waals surface area contributed by atoms with Crippen molar-refractivity contribution in [2.45, 2.75) is 339 Å². The Morgan fingerprint density at radius 2 is 0.695 bits per heavy atom. The minimum Gasteiger partial charge on any atom is -0.448 e. The lowest BCUT2D eigenvalue weighted by Crippen LogP contribution is -2.51. The fraction of sp³-hybridized carbons (Fsp3) is 0.583. The summed E-state index contributed by atoms with van der Waals surface area (Å²) in [5.74, 6) is 26.3. The Labute approximate surface area is 702 Å². The van der Waals surface area contributed by atoms with Gasteiger partial charge >= 0.3 is 0 Å². The first-order valence-electron chi connectivity index (χ1n) is 46.4. The van der Waals surface area contributed by atoms with Crippen LogP contribution >= 0.6 is 0 Å². The standard InChI is InChI=1S/C41H46O4.C34H40O4.C33H40O2/c1-5-17-40(43)18-16-34-32-13-10-29-23-30(42)12-14-31(29)37(32)33(25-39(34,40)4)27-8-6-26(7-9-27)28-11-15-35-36(24-28)45-41(44-35)21-19-38(2,3)20-22-41;1-3-15-33(36)18-14-28-26-11-8-22-19-24(35)10-12-25(22)31(26)27(21-32(28,33)2)23-9-13-29-30(20-23)38-34(37-29)16-6-4-5-7-17-34;1-3-18-33(35)19-17-30-28-15-13-25-20-26(34)14-16-27(25)31(28)29(21-32(30,33)2)24-11-9-23(10-12-24)22-7-5-4-6-8-22/h6-9,11,15,23-24,32-34,43H,10,12-14,16,18-22,25H2,1-4H3;9,13,19-20,26-28,36H,4-8,10-12,14,16-18,21H2,1-2H3;9-12,20,22,28-30,35H,4-8,13-17,19,21H2,1-2H3/t32-,33+,34-,39-,40-;26-,27+,28-,32-,33-;28-,29+,30-,32-,33-/m000/s1. The van der Waals surface area contributed by atoms with Crippen LogP contribution in [0.3, 0.4) is 0 Å². The van der Waals surface area contributed by atoms with Gasteiger partial charge in [0.25, 0.3) is 11.6 Å². The summed E-state index contributed by atoms with van der Waals surface area (Å²) in [6.45, 7) is 17.2. The fourth-order valence-electron chi connectivity index (χ4n) is 28.1. The number of ketones is 3. The second-order valence-electron chi connectivity index (χ2n) is 41.1. The highest BCUT2D eigenvalue weighted by Crippen LogP contribution is 2.71. The number of carbonyl (C=O) groups is 3. The molecular weight excluding hydrogens is 1460 g/mol. The first-order valence-corrected chi connectivity index (χ1v) is 46.4. The van der Waals surface area contributed by atoms with Crippen LogP contribution in [0, 0.1) is 92.7 Å². The highest BCUT2D eigenvalue weighted by atomic mass is 16.7. The molecule has 0 unspecified atom stereocenters. The highest BCUT2D eigenvalue weighted by molar-refractivity contribution is 5.94. The van der Waals surface area contributed by atoms with Crippen LogP contribution in [0.2, 0.25) is 0 Å². The third kappa shape index (κ3) is 13.5. The molecule has 17 aliphatic rings. The van der Waals surface area contributed by atoms with Crippen LogP contribution in [0.5, 0.6) is 23.0 Å². The molecule has 2 heterocycles. The summed E-state index contributed by atoms with van der Waals surface area (Å²) in [7, 11) is 0. The van der Waals surface area contributed by atoms with Gasteiger partial charge < -0.3 is 34.3 Å². The van der Waals surface area contributed by atoms with Crippen molar-refractivity contribution in [1.82, 2.24) is 0 Å². The van der Waals surface area contributed by atoms with Gasteiger partial charge in [-0.1, -0.05) is 162 Å². The van der Waals surface area contributed by atoms with Crippen molar-refractivity contribution in [3.8, 4) is 69.6 Å². The minimum atomic E-state index is -0.961. The van der Waals surface area contributed by atoms with Gasteiger partial charge in [0.2, 0.25) is 0 Å². The Morgan fingerprint density at radius 3 is 1.13 bits per heavy atom. The lowest BCUT2D eigenvalue weighted by Gasteiger charge is -2.53. The van der Waals surface area contributed by atoms with Gasteiger partial charge in [-0.25, -0.2) is 0 Å². The Kier molecular flexibility index (Phi) is 20.5. The molecule has 9 fully saturated rings. The molecule has 4 aromatic rings. The first-order chi connectivity index (χ1) is 56.8. The number of hydrogen-bond donors (Lipinski definition) is 3. The highest BCUT2D eigenvalue weighted by Gasteiger charge is 2.66. The van der Waals surface area contributed by atoms with Crippen LogP contribution in [-0.2, 0) is 14.4 Å². The van der Waals surface area contributed by atoms with E-state index in [1.807, 2.05) is 39.0 Å². The number of hydrogen-bond acceptors (Lipinski definition) is 10. The second kappa shape index (κ2) is 30.3. The van der Waals surface area contributed by atoms with Crippen molar-refractivity contribution in [2.75, 3.05) is 0 Å². The molecule has 10 nitrogen and oxygen atoms in total. The maximum absolute atomic E-state index is 12.4. The van der Waals surface area contributed by atoms with Crippen molar-refractivity contribution in [1.29, 1.82) is 0 Å². The zero-order chi connectivity index (χ0) is 81.5. The van der Waals surface area contributed by atoms with Crippen LogP contribution in [0.4, 0.5) is 0 Å². The zero-order valence-corrected chi connectivity index (χ0v) is 71.7. The summed E-state index contributed by atoms with van der Waals surface area (Å²) >= 11 is 0. The molecule has 4 aromatic carbocycles. The van der Waals surface area contributed by atoms with Crippen LogP contribution in [0.1, 0.15) is 332 Å². The Morgan fingerprint density at radius 1 is 0.339 bits per heavy atom. The summed E-state index contributed by atoms with van der Waals surface area (Å²) in [4.78, 5) is 37.0. The quantitative estimate of drug-likeness (QED) is 0.165. The van der Waals surface area contributed by atoms with Crippen LogP contribution in [0.15, 0.2) is 153 Å². The summed E-state index contributed by atoms with van der Waals surface area (Å²) in [6.07, 6.45) is 41.9. The van der Waals surface area contributed by atoms with Crippen molar-refractivity contribution in [3.63, 3.8) is 0 Å². The van der Waals surface area contributed by atoms with Crippen LogP contribution in [0.25, 0.3) is 11.1 Å². The maximum atomic E-state index is 12.4. The molecule has 0 bridgehead atoms. The monoisotopic (exact) mass is 1580 g/mol. The molecule has 618 valence electrons. The SMILES string of the molecule is CC#C[C@]1(O)CC[C@H]2[C@@H]3CCC4=CC(=O)CCC4=C3[C@@H](c3ccc(-c4ccc5c(c4)OC4(CCC(C)(C)CC4)O5)cc3)C[C@@]21C.CC#C[C@]1(O)CC[C@H]2[C@@H]3CCC4=CC(=O)CCC4=C3[C@@H](c3ccc(C4CCCCC4)cc3)C[C@@]21C.CC#C[C@]1(O)CC[C@H]2[C@@H]3CCC4=CC(=O)CCC4=C3[C@@H](c3ccc4c(c3)OC3(CCCCCC3)O4)C[C@@]21C. The van der Waals surface area contributed by atoms with Crippen molar-refractivity contribution in [2.24, 2.45) is 57.2 Å². The number of aliphatic hydroxyl groups is 3. The number of allylic oxidation sites excluding steroid dienone is 12. The molecule has 2 aliphatic heterocycles. The number of carbonyl (C=O) groups excluding carboxylic acids is 3. The Bertz CT molecular complexity index is 5120. The molecule has 10 heteroatoms. The molecular formula is C108H126O10. The minimum absolute atomic E-state index is 0.177. The average Bonchev–Trinajstić information content (AvgIpc) is 1.47. The number of benzene rings is 4. The fourth-order valence-corrected chi connectivity index (χ4v) is 28.1. The van der Waals surface area contributed by atoms with Gasteiger partial charge in [-0.2, -0.15) is 0 Å². The summed E-state index contributed by atoms with van der Waals surface area (Å²) in [5.41, 5.74) is 17.4. The Balaban J connectivity index is 0.000000119. The molecule has 15 atom stereocenters. The molecule has 21 rings (SSSR count). The molecule has 0 amide bonds. The topological polar surface area (TPSA) is 149 Å². The molecule has 3 N–H and O–H groups in total. The van der Waals surface area contributed by atoms with E-state index in [4.69, 9.17) is 18.9 Å². The van der Waals surface area contributed by atoms with Gasteiger partial charge in [-0.15, -0.1) is 17.8 Å². The maximum Gasteiger partial charge on any atom is 0.251 e. The average molecular weight is 1580 g/mol. The second-order valence-corrected chi connectivity index (χ2v) is 41.1. The smallest absolute Gasteiger partial charge is 0.251 e. The van der Waals surface area contributed by atoms with Crippen molar-refractivity contribution >= 4 is 17.3 Å². The summed E-state index contributed by atoms with van der Waals surface area (Å²) in [6, 6.07) is 31.6. The number of rotatable bonds is 5. The predicted molar refractivity (Wildman–Crippen MR) is 465 cm³/mol. The van der Waals surface area contributed by atoms with Gasteiger partial charge in [-0.05, 0) is 331 Å². The predicted octanol–water partition coefficient (Wildman–Crippen LogP) is 23.6. The molecule has 0 saturated heterocycles. The molecule has 0 aromatic heterocycles. The van der Waals surface area contributed by atoms with E-state index < -0.39 is 28.4 Å². The van der Waals surface area contributed by atoms with E-state index in [0.717, 1.165) is 201 Å². The largest absolute Gasteiger partial charge is 0.448 e. The molecule has 9 saturated carbocycles. The van der Waals surface area contributed by atoms with Crippen LogP contribution in [-0.4, -0.2) is 61.0 Å². The summed E-state index contributed by atoms with van der Waals surface area (Å²) < 4.78 is 26.0. The number of ether oxygens (including phenoxy) is 4. The van der Waals surface area contributed by atoms with Crippen LogP contribution < -0.4 is 18.9 Å². The van der Waals surface area contributed by atoms with E-state index >= 15 is 0 Å².